The molecule has 0 aromatic heterocycles. The highest BCUT2D eigenvalue weighted by molar-refractivity contribution is 9.10. The van der Waals surface area contributed by atoms with Crippen molar-refractivity contribution in [3.8, 4) is 0 Å². The summed E-state index contributed by atoms with van der Waals surface area (Å²) >= 11 is 2.91. The molecule has 3 nitrogen and oxygen atoms in total. The molecule has 0 N–H and O–H groups in total. The Kier molecular flexibility index (Phi) is 3.51. The summed E-state index contributed by atoms with van der Waals surface area (Å²) in [5.74, 6) is -1.53. The van der Waals surface area contributed by atoms with E-state index in [1.165, 1.54) is 0 Å². The van der Waals surface area contributed by atoms with Crippen LogP contribution in [0.5, 0.6) is 0 Å². The van der Waals surface area contributed by atoms with Gasteiger partial charge in [-0.1, -0.05) is 15.9 Å². The molecule has 0 aliphatic carbocycles. The number of hydrogen-bond acceptors (Lipinski definition) is 2. The van der Waals surface area contributed by atoms with Gasteiger partial charge in [0.15, 0.2) is 0 Å². The van der Waals surface area contributed by atoms with Crippen molar-refractivity contribution in [2.45, 2.75) is 6.42 Å². The molecule has 0 amide bonds. The highest BCUT2D eigenvalue weighted by atomic mass is 79.9. The van der Waals surface area contributed by atoms with Gasteiger partial charge in [-0.2, -0.15) is 0 Å². The summed E-state index contributed by atoms with van der Waals surface area (Å²) in [5.41, 5.74) is -0.245. The van der Waals surface area contributed by atoms with Gasteiger partial charge in [-0.15, -0.1) is 0 Å². The quantitative estimate of drug-likeness (QED) is 0.623. The third-order valence-electron chi connectivity index (χ3n) is 1.65. The van der Waals surface area contributed by atoms with Crippen molar-refractivity contribution in [2.24, 2.45) is 0 Å². The van der Waals surface area contributed by atoms with Crippen LogP contribution in [0.25, 0.3) is 0 Å². The third kappa shape index (κ3) is 2.73. The first kappa shape index (κ1) is 11.0. The van der Waals surface area contributed by atoms with E-state index in [0.29, 0.717) is 0 Å². The van der Waals surface area contributed by atoms with E-state index in [9.17, 15) is 18.9 Å². The Balaban J connectivity index is 2.91. The number of benzene rings is 1. The molecule has 0 saturated carbocycles. The van der Waals surface area contributed by atoms with Gasteiger partial charge in [0.25, 0.3) is 0 Å². The molecule has 6 heteroatoms. The van der Waals surface area contributed by atoms with Crippen LogP contribution in [-0.2, 0) is 6.42 Å². The van der Waals surface area contributed by atoms with Crippen LogP contribution in [0.1, 0.15) is 5.56 Å². The topological polar surface area (TPSA) is 43.1 Å². The summed E-state index contributed by atoms with van der Waals surface area (Å²) in [6.07, 6.45) is -0.238. The Morgan fingerprint density at radius 3 is 2.29 bits per heavy atom. The van der Waals surface area contributed by atoms with Gasteiger partial charge in [0.1, 0.15) is 11.6 Å². The second kappa shape index (κ2) is 4.45. The molecule has 0 unspecified atom stereocenters. The normalized spacial score (nSPS) is 10.2. The fourth-order valence-corrected chi connectivity index (χ4v) is 1.42. The molecule has 1 aromatic carbocycles. The van der Waals surface area contributed by atoms with Crippen LogP contribution < -0.4 is 0 Å². The first-order valence-electron chi connectivity index (χ1n) is 3.76. The average molecular weight is 266 g/mol. The van der Waals surface area contributed by atoms with Gasteiger partial charge < -0.3 is 0 Å². The maximum atomic E-state index is 13.1. The molecule has 1 rings (SSSR count). The summed E-state index contributed by atoms with van der Waals surface area (Å²) in [6.45, 7) is -0.477. The Labute approximate surface area is 87.0 Å². The summed E-state index contributed by atoms with van der Waals surface area (Å²) in [6, 6.07) is 2.16. The maximum absolute atomic E-state index is 13.1. The monoisotopic (exact) mass is 265 g/mol. The fraction of sp³-hybridized carbons (Fsp3) is 0.250. The van der Waals surface area contributed by atoms with Crippen molar-refractivity contribution in [1.29, 1.82) is 0 Å². The highest BCUT2D eigenvalue weighted by Gasteiger charge is 2.12. The predicted octanol–water partition coefficient (Wildman–Crippen LogP) is 2.55. The van der Waals surface area contributed by atoms with Crippen LogP contribution in [0.2, 0.25) is 0 Å². The summed E-state index contributed by atoms with van der Waals surface area (Å²) in [4.78, 5) is 9.40. The molecular weight excluding hydrogens is 260 g/mol. The Morgan fingerprint density at radius 1 is 1.36 bits per heavy atom. The first-order chi connectivity index (χ1) is 6.50. The van der Waals surface area contributed by atoms with Gasteiger partial charge in [0, 0.05) is 21.4 Å². The smallest absolute Gasteiger partial charge is 0.208 e. The van der Waals surface area contributed by atoms with E-state index >= 15 is 0 Å². The van der Waals surface area contributed by atoms with Crippen LogP contribution in [0.3, 0.4) is 0 Å². The zero-order valence-electron chi connectivity index (χ0n) is 6.97. The number of nitrogens with zero attached hydrogens (tertiary/aromatic N) is 1. The van der Waals surface area contributed by atoms with Crippen LogP contribution in [0, 0.1) is 21.7 Å². The molecule has 0 fully saturated rings. The van der Waals surface area contributed by atoms with Crippen molar-refractivity contribution in [3.63, 3.8) is 0 Å². The molecule has 0 spiro atoms. The minimum absolute atomic E-state index is 0.238. The molecule has 0 saturated heterocycles. The Hall–Kier alpha value is -1.04. The number of halogens is 3. The van der Waals surface area contributed by atoms with Gasteiger partial charge >= 0.3 is 0 Å². The van der Waals surface area contributed by atoms with E-state index in [1.54, 1.807) is 0 Å². The zero-order valence-corrected chi connectivity index (χ0v) is 8.55. The molecular formula is C8H6BrF2NO2. The van der Waals surface area contributed by atoms with E-state index in [1.807, 2.05) is 0 Å². The summed E-state index contributed by atoms with van der Waals surface area (Å²) < 4.78 is 26.4. The molecule has 0 bridgehead atoms. The Morgan fingerprint density at radius 2 is 1.86 bits per heavy atom. The molecule has 0 atom stereocenters. The largest absolute Gasteiger partial charge is 0.265 e. The first-order valence-corrected chi connectivity index (χ1v) is 4.55. The molecule has 14 heavy (non-hydrogen) atoms. The second-order valence-electron chi connectivity index (χ2n) is 2.65. The standard InChI is InChI=1S/C8H6BrF2NO2/c9-5-3-7(10)6(8(11)4-5)1-2-12(13)14/h3-4H,1-2H2. The summed E-state index contributed by atoms with van der Waals surface area (Å²) in [7, 11) is 0. The lowest BCUT2D eigenvalue weighted by Crippen LogP contribution is -2.07. The molecule has 1 aromatic rings. The van der Waals surface area contributed by atoms with Gasteiger partial charge in [-0.05, 0) is 12.1 Å². The number of hydrogen-bond donors (Lipinski definition) is 0. The molecule has 0 heterocycles. The fourth-order valence-electron chi connectivity index (χ4n) is 1.01. The minimum Gasteiger partial charge on any atom is -0.265 e. The van der Waals surface area contributed by atoms with Gasteiger partial charge in [0.05, 0.1) is 0 Å². The lowest BCUT2D eigenvalue weighted by molar-refractivity contribution is -0.479. The second-order valence-corrected chi connectivity index (χ2v) is 3.57. The van der Waals surface area contributed by atoms with Crippen LogP contribution >= 0.6 is 15.9 Å². The molecule has 0 radical (unpaired) electrons. The molecule has 76 valence electrons. The zero-order chi connectivity index (χ0) is 10.7. The summed E-state index contributed by atoms with van der Waals surface area (Å²) in [5, 5.41) is 10.0. The van der Waals surface area contributed by atoms with Crippen LogP contribution in [-0.4, -0.2) is 11.5 Å². The molecule has 0 aliphatic rings. The van der Waals surface area contributed by atoms with E-state index in [-0.39, 0.29) is 16.5 Å². The van der Waals surface area contributed by atoms with Crippen molar-refractivity contribution in [2.75, 3.05) is 6.54 Å². The lowest BCUT2D eigenvalue weighted by Gasteiger charge is -2.02. The van der Waals surface area contributed by atoms with Crippen molar-refractivity contribution >= 4 is 15.9 Å². The third-order valence-corrected chi connectivity index (χ3v) is 2.11. The van der Waals surface area contributed by atoms with E-state index in [2.05, 4.69) is 15.9 Å². The molecule has 0 aliphatic heterocycles. The highest BCUT2D eigenvalue weighted by Crippen LogP contribution is 2.19. The van der Waals surface area contributed by atoms with E-state index < -0.39 is 23.1 Å². The van der Waals surface area contributed by atoms with Crippen LogP contribution in [0.4, 0.5) is 8.78 Å². The van der Waals surface area contributed by atoms with Gasteiger partial charge in [-0.25, -0.2) is 8.78 Å². The predicted molar refractivity (Wildman–Crippen MR) is 49.6 cm³/mol. The SMILES string of the molecule is O=[N+]([O-])CCc1c(F)cc(Br)cc1F. The minimum atomic E-state index is -0.765. The van der Waals surface area contributed by atoms with Gasteiger partial charge in [-0.3, -0.25) is 10.1 Å². The Bertz CT molecular complexity index is 347. The van der Waals surface area contributed by atoms with Crippen LogP contribution in [0.15, 0.2) is 16.6 Å². The van der Waals surface area contributed by atoms with E-state index in [0.717, 1.165) is 12.1 Å². The van der Waals surface area contributed by atoms with Crippen molar-refractivity contribution < 1.29 is 13.7 Å². The van der Waals surface area contributed by atoms with Crippen molar-refractivity contribution in [1.82, 2.24) is 0 Å². The maximum Gasteiger partial charge on any atom is 0.208 e. The lowest BCUT2D eigenvalue weighted by atomic mass is 10.1. The number of nitro groups is 1. The number of rotatable bonds is 3. The van der Waals surface area contributed by atoms with Gasteiger partial charge in [0.2, 0.25) is 6.54 Å². The van der Waals surface area contributed by atoms with Crippen molar-refractivity contribution in [3.05, 3.63) is 43.9 Å². The average Bonchev–Trinajstić information content (AvgIpc) is 2.01. The van der Waals surface area contributed by atoms with E-state index in [4.69, 9.17) is 0 Å².